The Bertz CT molecular complexity index is 987. The molecule has 0 radical (unpaired) electrons. The maximum atomic E-state index is 12.7. The molecule has 0 aliphatic heterocycles. The fourth-order valence-electron chi connectivity index (χ4n) is 3.11. The first-order valence-corrected chi connectivity index (χ1v) is 9.28. The van der Waals surface area contributed by atoms with Crippen LogP contribution in [0.25, 0.3) is 11.0 Å². The van der Waals surface area contributed by atoms with Crippen LogP contribution in [0, 0.1) is 6.92 Å². The van der Waals surface area contributed by atoms with Crippen LogP contribution in [-0.2, 0) is 0 Å². The fourth-order valence-corrected chi connectivity index (χ4v) is 3.47. The van der Waals surface area contributed by atoms with Crippen LogP contribution in [0.2, 0.25) is 5.02 Å². The first-order chi connectivity index (χ1) is 12.5. The summed E-state index contributed by atoms with van der Waals surface area (Å²) in [4.78, 5) is 17.2. The summed E-state index contributed by atoms with van der Waals surface area (Å²) < 4.78 is 1.93. The molecule has 1 amide bonds. The van der Waals surface area contributed by atoms with Crippen molar-refractivity contribution >= 4 is 34.2 Å². The van der Waals surface area contributed by atoms with E-state index in [1.165, 1.54) is 5.56 Å². The summed E-state index contributed by atoms with van der Waals surface area (Å²) in [6.07, 6.45) is 3.77. The zero-order valence-corrected chi connectivity index (χ0v) is 15.8. The highest BCUT2D eigenvalue weighted by Gasteiger charge is 2.29. The molecule has 1 aromatic carbocycles. The van der Waals surface area contributed by atoms with E-state index in [9.17, 15) is 4.79 Å². The molecule has 0 saturated heterocycles. The summed E-state index contributed by atoms with van der Waals surface area (Å²) in [7, 11) is 0. The molecule has 4 rings (SSSR count). The lowest BCUT2D eigenvalue weighted by atomic mass is 10.0. The summed E-state index contributed by atoms with van der Waals surface area (Å²) in [6.45, 7) is 6.18. The van der Waals surface area contributed by atoms with E-state index in [1.807, 2.05) is 35.9 Å². The van der Waals surface area contributed by atoms with Crippen LogP contribution in [0.5, 0.6) is 0 Å². The summed E-state index contributed by atoms with van der Waals surface area (Å²) in [6, 6.07) is 8.27. The Labute approximate surface area is 157 Å². The third kappa shape index (κ3) is 2.97. The van der Waals surface area contributed by atoms with Crippen molar-refractivity contribution in [3.05, 3.63) is 52.3 Å². The van der Waals surface area contributed by atoms with Crippen LogP contribution in [0.1, 0.15) is 60.3 Å². The van der Waals surface area contributed by atoms with E-state index in [2.05, 4.69) is 29.2 Å². The number of fused-ring (bicyclic) bond motifs is 1. The lowest BCUT2D eigenvalue weighted by molar-refractivity contribution is 0.102. The molecular formula is C20H21ClN4O. The molecule has 1 aliphatic rings. The average molecular weight is 369 g/mol. The summed E-state index contributed by atoms with van der Waals surface area (Å²) in [5.74, 6) is 0.187. The number of nitrogens with one attached hydrogen (secondary N) is 1. The summed E-state index contributed by atoms with van der Waals surface area (Å²) in [5, 5.41) is 8.64. The van der Waals surface area contributed by atoms with Crippen molar-refractivity contribution in [2.45, 2.75) is 45.6 Å². The first-order valence-electron chi connectivity index (χ1n) is 8.90. The van der Waals surface area contributed by atoms with Gasteiger partial charge in [-0.1, -0.05) is 37.6 Å². The standard InChI is InChI=1S/C20H21ClN4O/c1-11(2)13-4-6-14(7-5-13)23-20(26)16-10-22-19-17(18(16)21)12(3)24-25(19)15-8-9-15/h4-7,10-11,15H,8-9H2,1-3H3,(H,23,26). The molecule has 3 aromatic rings. The van der Waals surface area contributed by atoms with Gasteiger partial charge in [-0.2, -0.15) is 5.10 Å². The van der Waals surface area contributed by atoms with E-state index in [4.69, 9.17) is 11.6 Å². The lowest BCUT2D eigenvalue weighted by Gasteiger charge is -2.10. The minimum absolute atomic E-state index is 0.264. The van der Waals surface area contributed by atoms with Gasteiger partial charge in [-0.3, -0.25) is 4.79 Å². The highest BCUT2D eigenvalue weighted by atomic mass is 35.5. The van der Waals surface area contributed by atoms with Crippen molar-refractivity contribution in [3.8, 4) is 0 Å². The van der Waals surface area contributed by atoms with Crippen LogP contribution >= 0.6 is 11.6 Å². The molecule has 2 heterocycles. The number of anilines is 1. The van der Waals surface area contributed by atoms with Crippen LogP contribution in [0.4, 0.5) is 5.69 Å². The number of rotatable bonds is 4. The molecule has 5 nitrogen and oxygen atoms in total. The number of aromatic nitrogens is 3. The van der Waals surface area contributed by atoms with Gasteiger partial charge in [0.05, 0.1) is 27.7 Å². The molecule has 0 unspecified atom stereocenters. The summed E-state index contributed by atoms with van der Waals surface area (Å²) >= 11 is 6.56. The highest BCUT2D eigenvalue weighted by molar-refractivity contribution is 6.39. The fraction of sp³-hybridized carbons (Fsp3) is 0.350. The Morgan fingerprint density at radius 2 is 1.96 bits per heavy atom. The molecule has 1 saturated carbocycles. The Morgan fingerprint density at radius 1 is 1.27 bits per heavy atom. The molecule has 0 bridgehead atoms. The molecule has 1 N–H and O–H groups in total. The molecule has 0 atom stereocenters. The molecular weight excluding hydrogens is 348 g/mol. The quantitative estimate of drug-likeness (QED) is 0.696. The molecule has 1 aliphatic carbocycles. The number of pyridine rings is 1. The number of aryl methyl sites for hydroxylation is 1. The number of carbonyl (C=O) groups is 1. The second-order valence-corrected chi connectivity index (χ2v) is 7.55. The minimum atomic E-state index is -0.264. The van der Waals surface area contributed by atoms with E-state index >= 15 is 0 Å². The number of halogens is 1. The van der Waals surface area contributed by atoms with Crippen molar-refractivity contribution < 1.29 is 4.79 Å². The largest absolute Gasteiger partial charge is 0.322 e. The minimum Gasteiger partial charge on any atom is -0.322 e. The van der Waals surface area contributed by atoms with Gasteiger partial charge in [0.2, 0.25) is 0 Å². The normalized spacial score (nSPS) is 14.2. The molecule has 2 aromatic heterocycles. The average Bonchev–Trinajstić information content (AvgIpc) is 3.39. The van der Waals surface area contributed by atoms with Crippen molar-refractivity contribution in [2.75, 3.05) is 5.32 Å². The van der Waals surface area contributed by atoms with Gasteiger partial charge in [-0.05, 0) is 43.4 Å². The van der Waals surface area contributed by atoms with Gasteiger partial charge in [-0.25, -0.2) is 9.67 Å². The topological polar surface area (TPSA) is 59.8 Å². The van der Waals surface area contributed by atoms with Crippen LogP contribution < -0.4 is 5.32 Å². The lowest BCUT2D eigenvalue weighted by Crippen LogP contribution is -2.13. The SMILES string of the molecule is Cc1nn(C2CC2)c2ncc(C(=O)Nc3ccc(C(C)C)cc3)c(Cl)c12. The van der Waals surface area contributed by atoms with Crippen molar-refractivity contribution in [3.63, 3.8) is 0 Å². The highest BCUT2D eigenvalue weighted by Crippen LogP contribution is 2.38. The van der Waals surface area contributed by atoms with Gasteiger partial charge in [0.25, 0.3) is 5.91 Å². The Kier molecular flexibility index (Phi) is 4.19. The second-order valence-electron chi connectivity index (χ2n) is 7.18. The maximum Gasteiger partial charge on any atom is 0.258 e. The van der Waals surface area contributed by atoms with Crippen LogP contribution in [0.3, 0.4) is 0 Å². The Balaban J connectivity index is 1.64. The molecule has 0 spiro atoms. The van der Waals surface area contributed by atoms with E-state index in [0.717, 1.165) is 35.3 Å². The Hall–Kier alpha value is -2.40. The summed E-state index contributed by atoms with van der Waals surface area (Å²) in [5.41, 5.74) is 3.90. The Morgan fingerprint density at radius 3 is 2.58 bits per heavy atom. The van der Waals surface area contributed by atoms with Crippen molar-refractivity contribution in [2.24, 2.45) is 0 Å². The number of nitrogens with zero attached hydrogens (tertiary/aromatic N) is 3. The van der Waals surface area contributed by atoms with Gasteiger partial charge in [0, 0.05) is 11.9 Å². The van der Waals surface area contributed by atoms with Gasteiger partial charge in [0.1, 0.15) is 0 Å². The molecule has 1 fully saturated rings. The molecule has 6 heteroatoms. The first kappa shape index (κ1) is 17.0. The number of benzene rings is 1. The van der Waals surface area contributed by atoms with Crippen molar-refractivity contribution in [1.82, 2.24) is 14.8 Å². The van der Waals surface area contributed by atoms with E-state index < -0.39 is 0 Å². The molecule has 26 heavy (non-hydrogen) atoms. The monoisotopic (exact) mass is 368 g/mol. The van der Waals surface area contributed by atoms with E-state index in [-0.39, 0.29) is 5.91 Å². The third-order valence-corrected chi connectivity index (χ3v) is 5.20. The zero-order chi connectivity index (χ0) is 18.4. The second kappa shape index (κ2) is 6.40. The number of hydrogen-bond acceptors (Lipinski definition) is 3. The smallest absolute Gasteiger partial charge is 0.258 e. The predicted molar refractivity (Wildman–Crippen MR) is 104 cm³/mol. The van der Waals surface area contributed by atoms with Crippen LogP contribution in [0.15, 0.2) is 30.5 Å². The number of carbonyl (C=O) groups excluding carboxylic acids is 1. The van der Waals surface area contributed by atoms with Crippen LogP contribution in [-0.4, -0.2) is 20.7 Å². The van der Waals surface area contributed by atoms with Gasteiger partial charge in [0.15, 0.2) is 5.65 Å². The van der Waals surface area contributed by atoms with E-state index in [0.29, 0.717) is 22.5 Å². The van der Waals surface area contributed by atoms with Gasteiger partial charge >= 0.3 is 0 Å². The van der Waals surface area contributed by atoms with Crippen molar-refractivity contribution in [1.29, 1.82) is 0 Å². The number of amides is 1. The predicted octanol–water partition coefficient (Wildman–Crippen LogP) is 5.10. The number of hydrogen-bond donors (Lipinski definition) is 1. The third-order valence-electron chi connectivity index (χ3n) is 4.80. The molecule has 134 valence electrons. The van der Waals surface area contributed by atoms with Gasteiger partial charge in [-0.15, -0.1) is 0 Å². The van der Waals surface area contributed by atoms with Gasteiger partial charge < -0.3 is 5.32 Å². The zero-order valence-electron chi connectivity index (χ0n) is 15.1. The van der Waals surface area contributed by atoms with E-state index in [1.54, 1.807) is 6.20 Å². The maximum absolute atomic E-state index is 12.7.